The lowest BCUT2D eigenvalue weighted by molar-refractivity contribution is -0.139. The van der Waals surface area contributed by atoms with Crippen molar-refractivity contribution < 1.29 is 18.4 Å². The van der Waals surface area contributed by atoms with Crippen molar-refractivity contribution in [2.45, 2.75) is 6.61 Å². The minimum atomic E-state index is -0.437. The Bertz CT molecular complexity index is 451. The van der Waals surface area contributed by atoms with Gasteiger partial charge in [-0.1, -0.05) is 0 Å². The first-order valence-electron chi connectivity index (χ1n) is 4.75. The van der Waals surface area contributed by atoms with Crippen molar-refractivity contribution in [1.29, 1.82) is 0 Å². The standard InChI is InChI=1S/C12H10O4/c13-12(6-5-10-3-1-7-14-10)16-9-11-4-2-8-15-11/h1-8H,9H2. The lowest BCUT2D eigenvalue weighted by Crippen LogP contribution is -1.99. The monoisotopic (exact) mass is 218 g/mol. The Morgan fingerprint density at radius 2 is 2.06 bits per heavy atom. The van der Waals surface area contributed by atoms with Crippen LogP contribution < -0.4 is 0 Å². The largest absolute Gasteiger partial charge is 0.466 e. The van der Waals surface area contributed by atoms with E-state index in [1.54, 1.807) is 30.3 Å². The fourth-order valence-electron chi connectivity index (χ4n) is 1.12. The molecule has 0 aliphatic rings. The first-order chi connectivity index (χ1) is 7.84. The van der Waals surface area contributed by atoms with Crippen LogP contribution in [0.15, 0.2) is 51.7 Å². The maximum atomic E-state index is 11.2. The van der Waals surface area contributed by atoms with Crippen molar-refractivity contribution in [3.05, 3.63) is 54.4 Å². The number of carbonyl (C=O) groups is 1. The molecule has 82 valence electrons. The Balaban J connectivity index is 1.81. The predicted octanol–water partition coefficient (Wildman–Crippen LogP) is 2.63. The van der Waals surface area contributed by atoms with Crippen molar-refractivity contribution >= 4 is 12.0 Å². The Hall–Kier alpha value is -2.23. The van der Waals surface area contributed by atoms with E-state index in [1.807, 2.05) is 0 Å². The highest BCUT2D eigenvalue weighted by atomic mass is 16.5. The van der Waals surface area contributed by atoms with E-state index in [2.05, 4.69) is 0 Å². The summed E-state index contributed by atoms with van der Waals surface area (Å²) in [6.07, 6.45) is 5.92. The summed E-state index contributed by atoms with van der Waals surface area (Å²) in [5.74, 6) is 0.780. The Morgan fingerprint density at radius 3 is 2.75 bits per heavy atom. The highest BCUT2D eigenvalue weighted by Crippen LogP contribution is 2.04. The second kappa shape index (κ2) is 5.02. The SMILES string of the molecule is O=C(C=Cc1ccco1)OCc1ccco1. The molecule has 0 spiro atoms. The number of furan rings is 2. The molecule has 0 atom stereocenters. The zero-order valence-electron chi connectivity index (χ0n) is 8.46. The fourth-order valence-corrected chi connectivity index (χ4v) is 1.12. The van der Waals surface area contributed by atoms with Crippen LogP contribution in [-0.4, -0.2) is 5.97 Å². The first kappa shape index (κ1) is 10.3. The van der Waals surface area contributed by atoms with Crippen molar-refractivity contribution in [3.8, 4) is 0 Å². The predicted molar refractivity (Wildman–Crippen MR) is 56.2 cm³/mol. The van der Waals surface area contributed by atoms with E-state index in [9.17, 15) is 4.79 Å². The fraction of sp³-hybridized carbons (Fsp3) is 0.0833. The lowest BCUT2D eigenvalue weighted by atomic mass is 10.4. The summed E-state index contributed by atoms with van der Waals surface area (Å²) in [4.78, 5) is 11.2. The topological polar surface area (TPSA) is 52.6 Å². The van der Waals surface area contributed by atoms with Gasteiger partial charge in [0.25, 0.3) is 0 Å². The zero-order chi connectivity index (χ0) is 11.2. The third-order valence-corrected chi connectivity index (χ3v) is 1.86. The van der Waals surface area contributed by atoms with E-state index >= 15 is 0 Å². The minimum Gasteiger partial charge on any atom is -0.466 e. The molecule has 4 nitrogen and oxygen atoms in total. The first-order valence-corrected chi connectivity index (χ1v) is 4.75. The van der Waals surface area contributed by atoms with E-state index in [4.69, 9.17) is 13.6 Å². The van der Waals surface area contributed by atoms with Crippen molar-refractivity contribution in [2.75, 3.05) is 0 Å². The quantitative estimate of drug-likeness (QED) is 0.584. The normalized spacial score (nSPS) is 10.8. The van der Waals surface area contributed by atoms with Gasteiger partial charge in [-0.2, -0.15) is 0 Å². The molecule has 2 aromatic heterocycles. The van der Waals surface area contributed by atoms with E-state index in [1.165, 1.54) is 18.6 Å². The summed E-state index contributed by atoms with van der Waals surface area (Å²) in [6, 6.07) is 6.97. The summed E-state index contributed by atoms with van der Waals surface area (Å²) in [7, 11) is 0. The zero-order valence-corrected chi connectivity index (χ0v) is 8.46. The number of rotatable bonds is 4. The van der Waals surface area contributed by atoms with Crippen LogP contribution in [0.5, 0.6) is 0 Å². The van der Waals surface area contributed by atoms with E-state index in [0.717, 1.165) is 0 Å². The van der Waals surface area contributed by atoms with Crippen molar-refractivity contribution in [2.24, 2.45) is 0 Å². The highest BCUT2D eigenvalue weighted by Gasteiger charge is 2.00. The van der Waals surface area contributed by atoms with Gasteiger partial charge < -0.3 is 13.6 Å². The van der Waals surface area contributed by atoms with E-state index < -0.39 is 5.97 Å². The molecule has 0 aliphatic carbocycles. The van der Waals surface area contributed by atoms with Crippen LogP contribution in [0, 0.1) is 0 Å². The molecule has 0 radical (unpaired) electrons. The maximum absolute atomic E-state index is 11.2. The Kier molecular flexibility index (Phi) is 3.23. The third kappa shape index (κ3) is 2.88. The van der Waals surface area contributed by atoms with Gasteiger partial charge in [-0.15, -0.1) is 0 Å². The molecule has 0 bridgehead atoms. The smallest absolute Gasteiger partial charge is 0.331 e. The molecular formula is C12H10O4. The molecule has 0 unspecified atom stereocenters. The molecule has 2 aromatic rings. The van der Waals surface area contributed by atoms with Crippen molar-refractivity contribution in [1.82, 2.24) is 0 Å². The third-order valence-electron chi connectivity index (χ3n) is 1.86. The molecule has 4 heteroatoms. The van der Waals surface area contributed by atoms with Crippen LogP contribution in [0.1, 0.15) is 11.5 Å². The van der Waals surface area contributed by atoms with Gasteiger partial charge in [-0.05, 0) is 30.3 Å². The van der Waals surface area contributed by atoms with Crippen LogP contribution >= 0.6 is 0 Å². The molecule has 2 heterocycles. The van der Waals surface area contributed by atoms with E-state index in [0.29, 0.717) is 11.5 Å². The van der Waals surface area contributed by atoms with Crippen LogP contribution in [0.2, 0.25) is 0 Å². The minimum absolute atomic E-state index is 0.133. The number of hydrogen-bond donors (Lipinski definition) is 0. The molecule has 0 aliphatic heterocycles. The molecule has 0 amide bonds. The van der Waals surface area contributed by atoms with Crippen LogP contribution in [0.3, 0.4) is 0 Å². The molecule has 2 rings (SSSR count). The number of ether oxygens (including phenoxy) is 1. The number of esters is 1. The van der Waals surface area contributed by atoms with Crippen LogP contribution in [0.25, 0.3) is 6.08 Å². The van der Waals surface area contributed by atoms with Gasteiger partial charge in [-0.3, -0.25) is 0 Å². The van der Waals surface area contributed by atoms with Gasteiger partial charge in [0, 0.05) is 6.08 Å². The van der Waals surface area contributed by atoms with E-state index in [-0.39, 0.29) is 6.61 Å². The second-order valence-electron chi connectivity index (χ2n) is 3.04. The Labute approximate surface area is 92.1 Å². The van der Waals surface area contributed by atoms with Gasteiger partial charge in [0.15, 0.2) is 0 Å². The summed E-state index contributed by atoms with van der Waals surface area (Å²) >= 11 is 0. The maximum Gasteiger partial charge on any atom is 0.331 e. The summed E-state index contributed by atoms with van der Waals surface area (Å²) < 4.78 is 15.0. The molecule has 16 heavy (non-hydrogen) atoms. The highest BCUT2D eigenvalue weighted by molar-refractivity contribution is 5.86. The van der Waals surface area contributed by atoms with Gasteiger partial charge in [0.1, 0.15) is 18.1 Å². The number of hydrogen-bond acceptors (Lipinski definition) is 4. The van der Waals surface area contributed by atoms with Gasteiger partial charge in [0.2, 0.25) is 0 Å². The van der Waals surface area contributed by atoms with Gasteiger partial charge in [-0.25, -0.2) is 4.79 Å². The molecule has 0 saturated carbocycles. The average molecular weight is 218 g/mol. The summed E-state index contributed by atoms with van der Waals surface area (Å²) in [5, 5.41) is 0. The van der Waals surface area contributed by atoms with Crippen LogP contribution in [-0.2, 0) is 16.1 Å². The van der Waals surface area contributed by atoms with Crippen molar-refractivity contribution in [3.63, 3.8) is 0 Å². The molecule has 0 N–H and O–H groups in total. The average Bonchev–Trinajstić information content (AvgIpc) is 2.96. The van der Waals surface area contributed by atoms with Crippen LogP contribution in [0.4, 0.5) is 0 Å². The van der Waals surface area contributed by atoms with Gasteiger partial charge >= 0.3 is 5.97 Å². The molecule has 0 fully saturated rings. The van der Waals surface area contributed by atoms with Gasteiger partial charge in [0.05, 0.1) is 12.5 Å². The Morgan fingerprint density at radius 1 is 1.25 bits per heavy atom. The lowest BCUT2D eigenvalue weighted by Gasteiger charge is -1.97. The summed E-state index contributed by atoms with van der Waals surface area (Å²) in [6.45, 7) is 0.133. The molecule has 0 saturated heterocycles. The second-order valence-corrected chi connectivity index (χ2v) is 3.04. The summed E-state index contributed by atoms with van der Waals surface area (Å²) in [5.41, 5.74) is 0. The number of carbonyl (C=O) groups excluding carboxylic acids is 1. The molecule has 0 aromatic carbocycles. The molecular weight excluding hydrogens is 208 g/mol.